The second kappa shape index (κ2) is 5.87. The molecule has 1 aliphatic rings. The van der Waals surface area contributed by atoms with Gasteiger partial charge in [0.1, 0.15) is 6.54 Å². The average Bonchev–Trinajstić information content (AvgIpc) is 2.83. The molecule has 2 atom stereocenters. The normalized spacial score (nSPS) is 24.5. The summed E-state index contributed by atoms with van der Waals surface area (Å²) in [6, 6.07) is 3.83. The average molecular weight is 238 g/mol. The number of hydrogen-bond donors (Lipinski definition) is 1. The molecule has 1 unspecified atom stereocenters. The molecular formula is C13H20NO3+. The minimum Gasteiger partial charge on any atom is -0.463 e. The molecule has 1 aliphatic heterocycles. The van der Waals surface area contributed by atoms with Gasteiger partial charge in [-0.15, -0.1) is 0 Å². The second-order valence-corrected chi connectivity index (χ2v) is 4.46. The molecule has 0 saturated carbocycles. The molecule has 0 spiro atoms. The van der Waals surface area contributed by atoms with Gasteiger partial charge in [0.15, 0.2) is 11.8 Å². The molecule has 4 nitrogen and oxygen atoms in total. The van der Waals surface area contributed by atoms with Crippen LogP contribution in [0.3, 0.4) is 0 Å². The van der Waals surface area contributed by atoms with Crippen molar-refractivity contribution in [2.24, 2.45) is 0 Å². The van der Waals surface area contributed by atoms with Crippen molar-refractivity contribution in [3.05, 3.63) is 24.2 Å². The quantitative estimate of drug-likeness (QED) is 0.788. The number of piperidine rings is 1. The smallest absolute Gasteiger partial charge is 0.364 e. The molecule has 2 heterocycles. The van der Waals surface area contributed by atoms with E-state index in [2.05, 4.69) is 0 Å². The Labute approximate surface area is 102 Å². The highest BCUT2D eigenvalue weighted by atomic mass is 16.5. The fourth-order valence-corrected chi connectivity index (χ4v) is 2.45. The second-order valence-electron chi connectivity index (χ2n) is 4.46. The first-order valence-corrected chi connectivity index (χ1v) is 6.35. The Bertz CT molecular complexity index is 348. The van der Waals surface area contributed by atoms with E-state index in [0.717, 1.165) is 31.7 Å². The Kier molecular flexibility index (Phi) is 4.20. The lowest BCUT2D eigenvalue weighted by Gasteiger charge is -2.30. The van der Waals surface area contributed by atoms with E-state index in [-0.39, 0.29) is 12.0 Å². The maximum Gasteiger partial charge on any atom is 0.364 e. The fourth-order valence-electron chi connectivity index (χ4n) is 2.45. The van der Waals surface area contributed by atoms with Crippen LogP contribution in [0.5, 0.6) is 0 Å². The van der Waals surface area contributed by atoms with Crippen LogP contribution in [0.4, 0.5) is 0 Å². The largest absolute Gasteiger partial charge is 0.463 e. The first kappa shape index (κ1) is 12.2. The van der Waals surface area contributed by atoms with E-state index in [9.17, 15) is 4.79 Å². The number of nitrogens with one attached hydrogen (secondary N) is 1. The number of rotatable bonds is 4. The van der Waals surface area contributed by atoms with Crippen molar-refractivity contribution in [2.45, 2.75) is 38.8 Å². The summed E-state index contributed by atoms with van der Waals surface area (Å²) in [5, 5.41) is 0. The number of likely N-dealkylation sites (tertiary alicyclic amines) is 1. The summed E-state index contributed by atoms with van der Waals surface area (Å²) in [4.78, 5) is 13.1. The molecule has 4 heteroatoms. The van der Waals surface area contributed by atoms with E-state index in [4.69, 9.17) is 9.15 Å². The number of quaternary nitrogens is 1. The van der Waals surface area contributed by atoms with Crippen LogP contribution in [0.1, 0.15) is 31.9 Å². The summed E-state index contributed by atoms with van der Waals surface area (Å²) >= 11 is 0. The maximum absolute atomic E-state index is 11.9. The molecule has 0 bridgehead atoms. The Balaban J connectivity index is 1.99. The standard InChI is InChI=1S/C13H19NO3/c1-2-16-13(15)12-7-3-4-8-14(12)10-11-6-5-9-17-11/h5-6,9,12H,2-4,7-8,10H2,1H3/p+1/t12-/m1/s1. The van der Waals surface area contributed by atoms with Crippen LogP contribution in [-0.4, -0.2) is 25.2 Å². The highest BCUT2D eigenvalue weighted by Crippen LogP contribution is 2.06. The number of carbonyl (C=O) groups excluding carboxylic acids is 1. The van der Waals surface area contributed by atoms with E-state index in [1.807, 2.05) is 19.1 Å². The summed E-state index contributed by atoms with van der Waals surface area (Å²) in [7, 11) is 0. The van der Waals surface area contributed by atoms with Crippen molar-refractivity contribution < 1.29 is 18.8 Å². The van der Waals surface area contributed by atoms with Gasteiger partial charge in [0.2, 0.25) is 0 Å². The SMILES string of the molecule is CCOC(=O)[C@H]1CCCC[NH+]1Cc1ccco1. The molecule has 1 aromatic heterocycles. The maximum atomic E-state index is 11.9. The Morgan fingerprint density at radius 3 is 3.18 bits per heavy atom. The summed E-state index contributed by atoms with van der Waals surface area (Å²) in [6.45, 7) is 4.11. The van der Waals surface area contributed by atoms with E-state index >= 15 is 0 Å². The predicted molar refractivity (Wildman–Crippen MR) is 62.5 cm³/mol. The van der Waals surface area contributed by atoms with Gasteiger partial charge in [0, 0.05) is 6.42 Å². The van der Waals surface area contributed by atoms with Gasteiger partial charge < -0.3 is 14.1 Å². The molecule has 0 amide bonds. The molecule has 0 aromatic carbocycles. The predicted octanol–water partition coefficient (Wildman–Crippen LogP) is 0.780. The van der Waals surface area contributed by atoms with Crippen LogP contribution >= 0.6 is 0 Å². The highest BCUT2D eigenvalue weighted by molar-refractivity contribution is 5.74. The van der Waals surface area contributed by atoms with Crippen molar-refractivity contribution in [1.29, 1.82) is 0 Å². The lowest BCUT2D eigenvalue weighted by atomic mass is 10.0. The zero-order chi connectivity index (χ0) is 12.1. The summed E-state index contributed by atoms with van der Waals surface area (Å²) in [6.07, 6.45) is 4.89. The summed E-state index contributed by atoms with van der Waals surface area (Å²) in [5.41, 5.74) is 0. The van der Waals surface area contributed by atoms with Crippen molar-refractivity contribution in [1.82, 2.24) is 0 Å². The Morgan fingerprint density at radius 2 is 2.47 bits per heavy atom. The monoisotopic (exact) mass is 238 g/mol. The van der Waals surface area contributed by atoms with Crippen molar-refractivity contribution in [2.75, 3.05) is 13.2 Å². The highest BCUT2D eigenvalue weighted by Gasteiger charge is 2.33. The van der Waals surface area contributed by atoms with Crippen LogP contribution < -0.4 is 4.90 Å². The number of hydrogen-bond acceptors (Lipinski definition) is 3. The molecule has 1 N–H and O–H groups in total. The van der Waals surface area contributed by atoms with Gasteiger partial charge >= 0.3 is 5.97 Å². The molecule has 17 heavy (non-hydrogen) atoms. The Morgan fingerprint density at radius 1 is 1.59 bits per heavy atom. The molecule has 0 radical (unpaired) electrons. The van der Waals surface area contributed by atoms with Crippen molar-refractivity contribution in [3.63, 3.8) is 0 Å². The lowest BCUT2D eigenvalue weighted by Crippen LogP contribution is -3.16. The minimum absolute atomic E-state index is 0.0196. The summed E-state index contributed by atoms with van der Waals surface area (Å²) in [5.74, 6) is 0.880. The molecule has 94 valence electrons. The molecule has 2 rings (SSSR count). The minimum atomic E-state index is -0.0613. The van der Waals surface area contributed by atoms with E-state index in [1.54, 1.807) is 6.26 Å². The van der Waals surface area contributed by atoms with Gasteiger partial charge in [-0.2, -0.15) is 0 Å². The number of carbonyl (C=O) groups is 1. The zero-order valence-corrected chi connectivity index (χ0v) is 10.3. The van der Waals surface area contributed by atoms with Gasteiger partial charge in [-0.3, -0.25) is 0 Å². The molecule has 1 aromatic rings. The van der Waals surface area contributed by atoms with E-state index in [1.165, 1.54) is 11.3 Å². The van der Waals surface area contributed by atoms with Gasteiger partial charge in [0.05, 0.1) is 19.4 Å². The van der Waals surface area contributed by atoms with Crippen molar-refractivity contribution in [3.8, 4) is 0 Å². The van der Waals surface area contributed by atoms with Crippen LogP contribution in [-0.2, 0) is 16.1 Å². The van der Waals surface area contributed by atoms with Gasteiger partial charge in [-0.1, -0.05) is 0 Å². The van der Waals surface area contributed by atoms with Crippen molar-refractivity contribution >= 4 is 5.97 Å². The van der Waals surface area contributed by atoms with Crippen LogP contribution in [0.15, 0.2) is 22.8 Å². The molecular weight excluding hydrogens is 218 g/mol. The van der Waals surface area contributed by atoms with Crippen LogP contribution in [0, 0.1) is 0 Å². The van der Waals surface area contributed by atoms with E-state index in [0.29, 0.717) is 6.61 Å². The van der Waals surface area contributed by atoms with E-state index < -0.39 is 0 Å². The Hall–Kier alpha value is -1.29. The molecule has 1 fully saturated rings. The van der Waals surface area contributed by atoms with Gasteiger partial charge in [-0.25, -0.2) is 4.79 Å². The lowest BCUT2D eigenvalue weighted by molar-refractivity contribution is -0.936. The molecule has 0 aliphatic carbocycles. The van der Waals surface area contributed by atoms with Gasteiger partial charge in [0.25, 0.3) is 0 Å². The zero-order valence-electron chi connectivity index (χ0n) is 10.3. The number of furan rings is 1. The first-order valence-electron chi connectivity index (χ1n) is 6.35. The third kappa shape index (κ3) is 3.09. The number of esters is 1. The number of ether oxygens (including phenoxy) is 1. The van der Waals surface area contributed by atoms with Crippen LogP contribution in [0.2, 0.25) is 0 Å². The summed E-state index contributed by atoms with van der Waals surface area (Å²) < 4.78 is 10.5. The fraction of sp³-hybridized carbons (Fsp3) is 0.615. The van der Waals surface area contributed by atoms with Gasteiger partial charge in [-0.05, 0) is 31.9 Å². The third-order valence-electron chi connectivity index (χ3n) is 3.29. The third-order valence-corrected chi connectivity index (χ3v) is 3.29. The topological polar surface area (TPSA) is 43.9 Å². The van der Waals surface area contributed by atoms with Crippen LogP contribution in [0.25, 0.3) is 0 Å². The first-order chi connectivity index (χ1) is 8.31. The molecule has 1 saturated heterocycles.